The van der Waals surface area contributed by atoms with Crippen LogP contribution in [0.5, 0.6) is 11.5 Å². The van der Waals surface area contributed by atoms with E-state index in [1.54, 1.807) is 14.2 Å². The summed E-state index contributed by atoms with van der Waals surface area (Å²) in [6, 6.07) is 13.3. The highest BCUT2D eigenvalue weighted by Gasteiger charge is 2.25. The van der Waals surface area contributed by atoms with E-state index in [4.69, 9.17) is 15.2 Å². The zero-order valence-electron chi connectivity index (χ0n) is 15.2. The molecule has 1 aliphatic rings. The molecule has 1 aliphatic heterocycles. The normalized spacial score (nSPS) is 16.4. The molecule has 1 saturated heterocycles. The van der Waals surface area contributed by atoms with Crippen molar-refractivity contribution < 1.29 is 14.3 Å². The third-order valence-electron chi connectivity index (χ3n) is 4.68. The number of carbonyl (C=O) groups excluding carboxylic acids is 1. The first-order chi connectivity index (χ1) is 12.6. The summed E-state index contributed by atoms with van der Waals surface area (Å²) in [6.07, 6.45) is 0.895. The molecule has 138 valence electrons. The Morgan fingerprint density at radius 2 is 1.81 bits per heavy atom. The van der Waals surface area contributed by atoms with Crippen LogP contribution >= 0.6 is 0 Å². The van der Waals surface area contributed by atoms with E-state index in [-0.39, 0.29) is 11.9 Å². The second-order valence-electron chi connectivity index (χ2n) is 6.38. The molecule has 3 rings (SSSR count). The molecule has 0 radical (unpaired) electrons. The van der Waals surface area contributed by atoms with Crippen LogP contribution in [0.25, 0.3) is 0 Å². The van der Waals surface area contributed by atoms with Gasteiger partial charge in [-0.3, -0.25) is 4.79 Å². The van der Waals surface area contributed by atoms with Crippen molar-refractivity contribution in [2.45, 2.75) is 19.0 Å². The van der Waals surface area contributed by atoms with Crippen molar-refractivity contribution in [3.8, 4) is 11.5 Å². The van der Waals surface area contributed by atoms with Gasteiger partial charge in [-0.1, -0.05) is 12.1 Å². The first kappa shape index (κ1) is 18.1. The Bertz CT molecular complexity index is 739. The molecule has 0 aliphatic carbocycles. The quantitative estimate of drug-likeness (QED) is 0.830. The Labute approximate surface area is 153 Å². The summed E-state index contributed by atoms with van der Waals surface area (Å²) in [7, 11) is 3.28. The lowest BCUT2D eigenvalue weighted by atomic mass is 10.1. The number of rotatable bonds is 6. The zero-order valence-corrected chi connectivity index (χ0v) is 15.2. The van der Waals surface area contributed by atoms with Gasteiger partial charge in [0.1, 0.15) is 11.5 Å². The van der Waals surface area contributed by atoms with E-state index in [1.807, 2.05) is 42.5 Å². The summed E-state index contributed by atoms with van der Waals surface area (Å²) in [4.78, 5) is 14.7. The molecular weight excluding hydrogens is 330 g/mol. The molecular formula is C20H25N3O3. The highest BCUT2D eigenvalue weighted by atomic mass is 16.5. The van der Waals surface area contributed by atoms with Crippen molar-refractivity contribution in [1.82, 2.24) is 5.32 Å². The van der Waals surface area contributed by atoms with Gasteiger partial charge in [0.25, 0.3) is 5.91 Å². The van der Waals surface area contributed by atoms with Gasteiger partial charge >= 0.3 is 0 Å². The van der Waals surface area contributed by atoms with Crippen LogP contribution in [0.1, 0.15) is 22.3 Å². The number of benzene rings is 2. The van der Waals surface area contributed by atoms with E-state index >= 15 is 0 Å². The van der Waals surface area contributed by atoms with Crippen LogP contribution in [0.2, 0.25) is 0 Å². The minimum Gasteiger partial charge on any atom is -0.497 e. The van der Waals surface area contributed by atoms with Crippen LogP contribution in [0.15, 0.2) is 42.5 Å². The van der Waals surface area contributed by atoms with Crippen LogP contribution in [0.3, 0.4) is 0 Å². The van der Waals surface area contributed by atoms with E-state index in [1.165, 1.54) is 0 Å². The first-order valence-electron chi connectivity index (χ1n) is 8.71. The number of amides is 1. The fraction of sp³-hybridized carbons (Fsp3) is 0.350. The molecule has 2 aromatic carbocycles. The third kappa shape index (κ3) is 4.08. The molecule has 3 N–H and O–H groups in total. The highest BCUT2D eigenvalue weighted by molar-refractivity contribution is 5.94. The van der Waals surface area contributed by atoms with Crippen LogP contribution in [-0.2, 0) is 6.54 Å². The summed E-state index contributed by atoms with van der Waals surface area (Å²) in [6.45, 7) is 2.10. The molecule has 6 nitrogen and oxygen atoms in total. The first-order valence-corrected chi connectivity index (χ1v) is 8.71. The minimum atomic E-state index is -0.0522. The molecule has 2 aromatic rings. The Balaban J connectivity index is 1.64. The van der Waals surface area contributed by atoms with Crippen molar-refractivity contribution >= 4 is 11.6 Å². The smallest absolute Gasteiger partial charge is 0.251 e. The maximum atomic E-state index is 12.4. The van der Waals surface area contributed by atoms with Gasteiger partial charge in [0.2, 0.25) is 0 Å². The second kappa shape index (κ2) is 8.10. The zero-order chi connectivity index (χ0) is 18.5. The van der Waals surface area contributed by atoms with Gasteiger partial charge in [0.05, 0.1) is 14.2 Å². The lowest BCUT2D eigenvalue weighted by Crippen LogP contribution is -2.37. The van der Waals surface area contributed by atoms with E-state index < -0.39 is 0 Å². The number of carbonyl (C=O) groups is 1. The van der Waals surface area contributed by atoms with E-state index in [2.05, 4.69) is 10.2 Å². The number of hydrogen-bond acceptors (Lipinski definition) is 5. The van der Waals surface area contributed by atoms with Crippen molar-refractivity contribution in [3.05, 3.63) is 53.6 Å². The molecule has 1 unspecified atom stereocenters. The average Bonchev–Trinajstić information content (AvgIpc) is 3.16. The fourth-order valence-corrected chi connectivity index (χ4v) is 3.15. The van der Waals surface area contributed by atoms with Crippen LogP contribution in [0.4, 0.5) is 5.69 Å². The summed E-state index contributed by atoms with van der Waals surface area (Å²) in [5.41, 5.74) is 8.30. The maximum Gasteiger partial charge on any atom is 0.251 e. The van der Waals surface area contributed by atoms with Gasteiger partial charge in [-0.25, -0.2) is 0 Å². The molecule has 0 spiro atoms. The molecule has 1 heterocycles. The van der Waals surface area contributed by atoms with Crippen molar-refractivity contribution in [2.24, 2.45) is 5.73 Å². The van der Waals surface area contributed by atoms with Gasteiger partial charge in [-0.15, -0.1) is 0 Å². The van der Waals surface area contributed by atoms with Gasteiger partial charge in [0, 0.05) is 55.1 Å². The Hall–Kier alpha value is -2.73. The number of nitrogens with two attached hydrogens (primary N) is 1. The van der Waals surface area contributed by atoms with Gasteiger partial charge in [0.15, 0.2) is 0 Å². The molecule has 26 heavy (non-hydrogen) atoms. The molecule has 1 atom stereocenters. The Kier molecular flexibility index (Phi) is 5.63. The average molecular weight is 355 g/mol. The number of methoxy groups -OCH3 is 2. The Morgan fingerprint density at radius 1 is 1.15 bits per heavy atom. The SMILES string of the molecule is COc1cc(OC)cc(N2CCC(NC(=O)c3ccc(CN)cc3)C2)c1. The molecule has 6 heteroatoms. The van der Waals surface area contributed by atoms with Crippen molar-refractivity contribution in [2.75, 3.05) is 32.2 Å². The molecule has 1 amide bonds. The van der Waals surface area contributed by atoms with Gasteiger partial charge in [-0.2, -0.15) is 0 Å². The highest BCUT2D eigenvalue weighted by Crippen LogP contribution is 2.30. The Morgan fingerprint density at radius 3 is 2.38 bits per heavy atom. The predicted octanol–water partition coefficient (Wildman–Crippen LogP) is 2.17. The molecule has 1 fully saturated rings. The number of nitrogens with one attached hydrogen (secondary N) is 1. The number of anilines is 1. The number of ether oxygens (including phenoxy) is 2. The molecule has 0 aromatic heterocycles. The van der Waals surface area contributed by atoms with Crippen LogP contribution in [0, 0.1) is 0 Å². The summed E-state index contributed by atoms with van der Waals surface area (Å²) < 4.78 is 10.7. The monoisotopic (exact) mass is 355 g/mol. The second-order valence-corrected chi connectivity index (χ2v) is 6.38. The van der Waals surface area contributed by atoms with E-state index in [0.717, 1.165) is 42.3 Å². The summed E-state index contributed by atoms with van der Waals surface area (Å²) in [5, 5.41) is 3.12. The molecule has 0 saturated carbocycles. The number of nitrogens with zero attached hydrogens (tertiary/aromatic N) is 1. The van der Waals surface area contributed by atoms with Crippen LogP contribution < -0.4 is 25.4 Å². The number of hydrogen-bond donors (Lipinski definition) is 2. The van der Waals surface area contributed by atoms with Gasteiger partial charge in [-0.05, 0) is 24.1 Å². The lowest BCUT2D eigenvalue weighted by molar-refractivity contribution is 0.0940. The minimum absolute atomic E-state index is 0.0522. The van der Waals surface area contributed by atoms with E-state index in [9.17, 15) is 4.79 Å². The lowest BCUT2D eigenvalue weighted by Gasteiger charge is -2.20. The van der Waals surface area contributed by atoms with Crippen LogP contribution in [-0.4, -0.2) is 39.3 Å². The summed E-state index contributed by atoms with van der Waals surface area (Å²) >= 11 is 0. The third-order valence-corrected chi connectivity index (χ3v) is 4.68. The largest absolute Gasteiger partial charge is 0.497 e. The predicted molar refractivity (Wildman–Crippen MR) is 102 cm³/mol. The standard InChI is InChI=1S/C20H25N3O3/c1-25-18-9-17(10-19(11-18)26-2)23-8-7-16(13-23)22-20(24)15-5-3-14(12-21)4-6-15/h3-6,9-11,16H,7-8,12-13,21H2,1-2H3,(H,22,24). The van der Waals surface area contributed by atoms with Crippen molar-refractivity contribution in [1.29, 1.82) is 0 Å². The van der Waals surface area contributed by atoms with Gasteiger partial charge < -0.3 is 25.4 Å². The summed E-state index contributed by atoms with van der Waals surface area (Å²) in [5.74, 6) is 1.46. The topological polar surface area (TPSA) is 76.8 Å². The maximum absolute atomic E-state index is 12.4. The van der Waals surface area contributed by atoms with E-state index in [0.29, 0.717) is 12.1 Å². The van der Waals surface area contributed by atoms with Crippen molar-refractivity contribution in [3.63, 3.8) is 0 Å². The fourth-order valence-electron chi connectivity index (χ4n) is 3.15. The molecule has 0 bridgehead atoms.